The molecule has 0 spiro atoms. The summed E-state index contributed by atoms with van der Waals surface area (Å²) >= 11 is 0. The molecule has 0 heterocycles. The molecule has 1 unspecified atom stereocenters. The van der Waals surface area contributed by atoms with Gasteiger partial charge in [-0.05, 0) is 20.6 Å². The van der Waals surface area contributed by atoms with Crippen LogP contribution in [-0.4, -0.2) is 65.1 Å². The summed E-state index contributed by atoms with van der Waals surface area (Å²) in [6.45, 7) is 6.28. The highest BCUT2D eigenvalue weighted by Gasteiger charge is 2.07. The Hall–Kier alpha value is -0.160. The standard InChI is InChI=1S/C10H24N2O2/c1-5-11-8-10(9-13-4)14-7-6-12(2)3/h10-11H,5-9H2,1-4H3. The first-order chi connectivity index (χ1) is 6.70. The first-order valence-corrected chi connectivity index (χ1v) is 5.16. The summed E-state index contributed by atoms with van der Waals surface area (Å²) in [4.78, 5) is 2.11. The number of hydrogen-bond donors (Lipinski definition) is 1. The van der Waals surface area contributed by atoms with E-state index in [1.54, 1.807) is 7.11 Å². The number of nitrogens with one attached hydrogen (secondary N) is 1. The molecular weight excluding hydrogens is 180 g/mol. The van der Waals surface area contributed by atoms with Gasteiger partial charge in [-0.2, -0.15) is 0 Å². The second-order valence-corrected chi connectivity index (χ2v) is 3.56. The molecule has 1 N–H and O–H groups in total. The molecule has 86 valence electrons. The SMILES string of the molecule is CCNCC(COC)OCCN(C)C. The second kappa shape index (κ2) is 9.40. The topological polar surface area (TPSA) is 33.7 Å². The van der Waals surface area contributed by atoms with Crippen LogP contribution in [0.25, 0.3) is 0 Å². The molecule has 0 fully saturated rings. The van der Waals surface area contributed by atoms with Crippen LogP contribution in [0.2, 0.25) is 0 Å². The van der Waals surface area contributed by atoms with E-state index in [-0.39, 0.29) is 6.10 Å². The maximum atomic E-state index is 5.67. The monoisotopic (exact) mass is 204 g/mol. The molecule has 0 bridgehead atoms. The van der Waals surface area contributed by atoms with Crippen LogP contribution in [0.3, 0.4) is 0 Å². The zero-order valence-corrected chi connectivity index (χ0v) is 9.88. The lowest BCUT2D eigenvalue weighted by molar-refractivity contribution is -0.00526. The quantitative estimate of drug-likeness (QED) is 0.581. The lowest BCUT2D eigenvalue weighted by atomic mass is 10.3. The Morgan fingerprint density at radius 1 is 1.36 bits per heavy atom. The van der Waals surface area contributed by atoms with E-state index < -0.39 is 0 Å². The Morgan fingerprint density at radius 3 is 2.57 bits per heavy atom. The van der Waals surface area contributed by atoms with Crippen LogP contribution in [0.5, 0.6) is 0 Å². The Kier molecular flexibility index (Phi) is 9.29. The normalized spacial score (nSPS) is 13.5. The number of methoxy groups -OCH3 is 1. The zero-order chi connectivity index (χ0) is 10.8. The van der Waals surface area contributed by atoms with E-state index >= 15 is 0 Å². The van der Waals surface area contributed by atoms with E-state index in [1.165, 1.54) is 0 Å². The van der Waals surface area contributed by atoms with Gasteiger partial charge in [-0.1, -0.05) is 6.92 Å². The van der Waals surface area contributed by atoms with Gasteiger partial charge in [0.05, 0.1) is 19.3 Å². The number of nitrogens with zero attached hydrogens (tertiary/aromatic N) is 1. The molecule has 1 atom stereocenters. The van der Waals surface area contributed by atoms with Crippen LogP contribution in [0.15, 0.2) is 0 Å². The molecular formula is C10H24N2O2. The van der Waals surface area contributed by atoms with Crippen molar-refractivity contribution in [2.75, 3.05) is 54.1 Å². The van der Waals surface area contributed by atoms with Crippen molar-refractivity contribution in [3.05, 3.63) is 0 Å². The lowest BCUT2D eigenvalue weighted by Crippen LogP contribution is -2.34. The van der Waals surface area contributed by atoms with Crippen LogP contribution in [0.4, 0.5) is 0 Å². The summed E-state index contributed by atoms with van der Waals surface area (Å²) in [7, 11) is 5.78. The van der Waals surface area contributed by atoms with Crippen LogP contribution >= 0.6 is 0 Å². The Labute approximate surface area is 87.6 Å². The Bertz CT molecular complexity index is 121. The highest BCUT2D eigenvalue weighted by atomic mass is 16.5. The van der Waals surface area contributed by atoms with Gasteiger partial charge in [-0.3, -0.25) is 0 Å². The van der Waals surface area contributed by atoms with Crippen molar-refractivity contribution in [1.82, 2.24) is 10.2 Å². The minimum Gasteiger partial charge on any atom is -0.382 e. The highest BCUT2D eigenvalue weighted by Crippen LogP contribution is 1.92. The van der Waals surface area contributed by atoms with Crippen molar-refractivity contribution in [2.45, 2.75) is 13.0 Å². The lowest BCUT2D eigenvalue weighted by Gasteiger charge is -2.18. The maximum absolute atomic E-state index is 5.67. The van der Waals surface area contributed by atoms with Gasteiger partial charge in [-0.25, -0.2) is 0 Å². The first-order valence-electron chi connectivity index (χ1n) is 5.16. The van der Waals surface area contributed by atoms with Gasteiger partial charge in [0.25, 0.3) is 0 Å². The molecule has 14 heavy (non-hydrogen) atoms. The van der Waals surface area contributed by atoms with Crippen molar-refractivity contribution in [3.63, 3.8) is 0 Å². The molecule has 0 amide bonds. The molecule has 0 aromatic rings. The molecule has 4 heteroatoms. The molecule has 0 radical (unpaired) electrons. The molecule has 0 rings (SSSR count). The van der Waals surface area contributed by atoms with E-state index in [4.69, 9.17) is 9.47 Å². The fourth-order valence-corrected chi connectivity index (χ4v) is 1.06. The summed E-state index contributed by atoms with van der Waals surface area (Å²) < 4.78 is 10.7. The van der Waals surface area contributed by atoms with Gasteiger partial charge in [0.1, 0.15) is 0 Å². The van der Waals surface area contributed by atoms with Crippen LogP contribution in [0, 0.1) is 0 Å². The predicted molar refractivity (Wildman–Crippen MR) is 58.7 cm³/mol. The summed E-state index contributed by atoms with van der Waals surface area (Å²) in [6, 6.07) is 0. The van der Waals surface area contributed by atoms with Gasteiger partial charge in [0.2, 0.25) is 0 Å². The summed E-state index contributed by atoms with van der Waals surface area (Å²) in [5, 5.41) is 3.25. The molecule has 0 saturated carbocycles. The van der Waals surface area contributed by atoms with Crippen molar-refractivity contribution < 1.29 is 9.47 Å². The Balaban J connectivity index is 3.50. The molecule has 0 saturated heterocycles. The Morgan fingerprint density at radius 2 is 2.07 bits per heavy atom. The number of hydrogen-bond acceptors (Lipinski definition) is 4. The largest absolute Gasteiger partial charge is 0.382 e. The third-order valence-electron chi connectivity index (χ3n) is 1.87. The van der Waals surface area contributed by atoms with E-state index in [0.29, 0.717) is 6.61 Å². The zero-order valence-electron chi connectivity index (χ0n) is 9.88. The van der Waals surface area contributed by atoms with Crippen molar-refractivity contribution >= 4 is 0 Å². The van der Waals surface area contributed by atoms with Gasteiger partial charge in [0, 0.05) is 20.2 Å². The highest BCUT2D eigenvalue weighted by molar-refractivity contribution is 4.60. The van der Waals surface area contributed by atoms with Crippen LogP contribution in [0.1, 0.15) is 6.92 Å². The van der Waals surface area contributed by atoms with Gasteiger partial charge >= 0.3 is 0 Å². The van der Waals surface area contributed by atoms with Gasteiger partial charge < -0.3 is 19.7 Å². The predicted octanol–water partition coefficient (Wildman–Crippen LogP) is 0.189. The minimum absolute atomic E-state index is 0.167. The number of ether oxygens (including phenoxy) is 2. The fraction of sp³-hybridized carbons (Fsp3) is 1.00. The molecule has 4 nitrogen and oxygen atoms in total. The third-order valence-corrected chi connectivity index (χ3v) is 1.87. The minimum atomic E-state index is 0.167. The van der Waals surface area contributed by atoms with Gasteiger partial charge in [-0.15, -0.1) is 0 Å². The summed E-state index contributed by atoms with van der Waals surface area (Å²) in [6.07, 6.45) is 0.167. The fourth-order valence-electron chi connectivity index (χ4n) is 1.06. The first kappa shape index (κ1) is 13.8. The van der Waals surface area contributed by atoms with Crippen molar-refractivity contribution in [2.24, 2.45) is 0 Å². The number of likely N-dealkylation sites (N-methyl/N-ethyl adjacent to an activating group) is 2. The van der Waals surface area contributed by atoms with E-state index in [1.807, 2.05) is 14.1 Å². The van der Waals surface area contributed by atoms with Crippen molar-refractivity contribution in [3.8, 4) is 0 Å². The third kappa shape index (κ3) is 8.44. The molecule has 0 aromatic heterocycles. The van der Waals surface area contributed by atoms with E-state index in [2.05, 4.69) is 17.1 Å². The maximum Gasteiger partial charge on any atom is 0.0932 e. The average molecular weight is 204 g/mol. The summed E-state index contributed by atoms with van der Waals surface area (Å²) in [5.74, 6) is 0. The van der Waals surface area contributed by atoms with Crippen molar-refractivity contribution in [1.29, 1.82) is 0 Å². The second-order valence-electron chi connectivity index (χ2n) is 3.56. The van der Waals surface area contributed by atoms with Crippen LogP contribution < -0.4 is 5.32 Å². The summed E-state index contributed by atoms with van der Waals surface area (Å²) in [5.41, 5.74) is 0. The number of rotatable bonds is 9. The molecule has 0 aliphatic heterocycles. The van der Waals surface area contributed by atoms with E-state index in [0.717, 1.165) is 26.2 Å². The van der Waals surface area contributed by atoms with Gasteiger partial charge in [0.15, 0.2) is 0 Å². The average Bonchev–Trinajstić information content (AvgIpc) is 2.13. The smallest absolute Gasteiger partial charge is 0.0932 e. The molecule has 0 aliphatic rings. The molecule has 0 aliphatic carbocycles. The molecule has 0 aromatic carbocycles. The van der Waals surface area contributed by atoms with Crippen LogP contribution in [-0.2, 0) is 9.47 Å². The van der Waals surface area contributed by atoms with E-state index in [9.17, 15) is 0 Å².